The molecule has 0 unspecified atom stereocenters. The van der Waals surface area contributed by atoms with Crippen molar-refractivity contribution in [2.45, 2.75) is 20.0 Å². The Hall–Kier alpha value is -1.76. The molecule has 0 atom stereocenters. The van der Waals surface area contributed by atoms with Gasteiger partial charge in [-0.2, -0.15) is 0 Å². The predicted octanol–water partition coefficient (Wildman–Crippen LogP) is 1.54. The Balaban J connectivity index is 3.19. The van der Waals surface area contributed by atoms with E-state index in [1.165, 1.54) is 18.2 Å². The van der Waals surface area contributed by atoms with Crippen LogP contribution in [0.15, 0.2) is 18.2 Å². The summed E-state index contributed by atoms with van der Waals surface area (Å²) in [4.78, 5) is 11.0. The summed E-state index contributed by atoms with van der Waals surface area (Å²) in [7, 11) is -3.55. The average molecular weight is 273 g/mol. The number of anilines is 1. The summed E-state index contributed by atoms with van der Waals surface area (Å²) in [5.41, 5.74) is -0.139. The van der Waals surface area contributed by atoms with Gasteiger partial charge in [-0.1, -0.05) is 0 Å². The molecular weight excluding hydrogens is 258 g/mol. The van der Waals surface area contributed by atoms with Gasteiger partial charge < -0.3 is 9.84 Å². The Labute approximate surface area is 106 Å². The van der Waals surface area contributed by atoms with E-state index in [-0.39, 0.29) is 17.4 Å². The number of hydrogen-bond acceptors (Lipinski definition) is 4. The Morgan fingerprint density at radius 1 is 1.39 bits per heavy atom. The molecule has 1 aromatic carbocycles. The molecule has 0 aliphatic carbocycles. The summed E-state index contributed by atoms with van der Waals surface area (Å²) in [5.74, 6) is -0.807. The number of carboxylic acids is 1. The van der Waals surface area contributed by atoms with E-state index in [2.05, 4.69) is 4.72 Å². The number of carboxylic acid groups (broad SMARTS) is 1. The molecule has 0 amide bonds. The van der Waals surface area contributed by atoms with Crippen molar-refractivity contribution in [2.75, 3.05) is 11.0 Å². The van der Waals surface area contributed by atoms with Crippen LogP contribution in [-0.2, 0) is 10.0 Å². The highest BCUT2D eigenvalue weighted by Crippen LogP contribution is 2.24. The topological polar surface area (TPSA) is 92.7 Å². The summed E-state index contributed by atoms with van der Waals surface area (Å²) >= 11 is 0. The molecule has 0 saturated heterocycles. The molecule has 0 spiro atoms. The first kappa shape index (κ1) is 14.3. The summed E-state index contributed by atoms with van der Waals surface area (Å²) in [6.45, 7) is 3.63. The summed E-state index contributed by atoms with van der Waals surface area (Å²) in [6.07, 6.45) is 0.862. The molecule has 0 aliphatic heterocycles. The normalized spacial score (nSPS) is 11.3. The summed E-state index contributed by atoms with van der Waals surface area (Å²) in [5, 5.41) is 8.96. The van der Waals surface area contributed by atoms with Crippen LogP contribution in [-0.4, -0.2) is 31.9 Å². The second kappa shape index (κ2) is 5.26. The van der Waals surface area contributed by atoms with E-state index < -0.39 is 16.0 Å². The third-order valence-corrected chi connectivity index (χ3v) is 2.48. The first-order valence-corrected chi connectivity index (χ1v) is 7.10. The molecule has 2 N–H and O–H groups in total. The van der Waals surface area contributed by atoms with Gasteiger partial charge in [0.1, 0.15) is 5.75 Å². The van der Waals surface area contributed by atoms with Crippen molar-refractivity contribution in [1.82, 2.24) is 0 Å². The van der Waals surface area contributed by atoms with E-state index in [1.54, 1.807) is 0 Å². The Morgan fingerprint density at radius 3 is 2.44 bits per heavy atom. The zero-order valence-electron chi connectivity index (χ0n) is 10.3. The van der Waals surface area contributed by atoms with Gasteiger partial charge in [-0.3, -0.25) is 4.72 Å². The fourth-order valence-electron chi connectivity index (χ4n) is 1.34. The maximum atomic E-state index is 11.2. The SMILES string of the molecule is CC(C)Oc1ccc(C(=O)O)c(NS(C)(=O)=O)c1. The van der Waals surface area contributed by atoms with Crippen LogP contribution >= 0.6 is 0 Å². The van der Waals surface area contributed by atoms with Crippen LogP contribution in [0.5, 0.6) is 5.75 Å². The largest absolute Gasteiger partial charge is 0.491 e. The highest BCUT2D eigenvalue weighted by molar-refractivity contribution is 7.92. The van der Waals surface area contributed by atoms with E-state index in [9.17, 15) is 13.2 Å². The van der Waals surface area contributed by atoms with E-state index >= 15 is 0 Å². The maximum Gasteiger partial charge on any atom is 0.337 e. The van der Waals surface area contributed by atoms with Gasteiger partial charge in [0.25, 0.3) is 0 Å². The van der Waals surface area contributed by atoms with Crippen LogP contribution in [0, 0.1) is 0 Å². The monoisotopic (exact) mass is 273 g/mol. The van der Waals surface area contributed by atoms with Gasteiger partial charge in [0.05, 0.1) is 23.6 Å². The molecule has 0 radical (unpaired) electrons. The van der Waals surface area contributed by atoms with Gasteiger partial charge >= 0.3 is 5.97 Å². The van der Waals surface area contributed by atoms with Crippen molar-refractivity contribution < 1.29 is 23.1 Å². The van der Waals surface area contributed by atoms with Gasteiger partial charge in [-0.25, -0.2) is 13.2 Å². The second-order valence-electron chi connectivity index (χ2n) is 4.05. The van der Waals surface area contributed by atoms with E-state index in [0.29, 0.717) is 5.75 Å². The van der Waals surface area contributed by atoms with Gasteiger partial charge in [0.2, 0.25) is 10.0 Å². The van der Waals surface area contributed by atoms with Gasteiger partial charge in [0, 0.05) is 6.07 Å². The smallest absolute Gasteiger partial charge is 0.337 e. The van der Waals surface area contributed by atoms with Crippen LogP contribution < -0.4 is 9.46 Å². The fourth-order valence-corrected chi connectivity index (χ4v) is 1.91. The number of rotatable bonds is 5. The number of aromatic carboxylic acids is 1. The van der Waals surface area contributed by atoms with Gasteiger partial charge in [-0.05, 0) is 26.0 Å². The zero-order valence-corrected chi connectivity index (χ0v) is 11.1. The lowest BCUT2D eigenvalue weighted by atomic mass is 10.2. The van der Waals surface area contributed by atoms with Gasteiger partial charge in [-0.15, -0.1) is 0 Å². The summed E-state index contributed by atoms with van der Waals surface area (Å²) in [6, 6.07) is 4.13. The molecule has 0 aliphatic rings. The van der Waals surface area contributed by atoms with Crippen LogP contribution in [0.4, 0.5) is 5.69 Å². The zero-order chi connectivity index (χ0) is 13.9. The lowest BCUT2D eigenvalue weighted by Gasteiger charge is -2.13. The number of carbonyl (C=O) groups is 1. The molecule has 100 valence electrons. The highest BCUT2D eigenvalue weighted by Gasteiger charge is 2.14. The quantitative estimate of drug-likeness (QED) is 0.849. The fraction of sp³-hybridized carbons (Fsp3) is 0.364. The molecule has 18 heavy (non-hydrogen) atoms. The minimum absolute atomic E-state index is 0.0110. The lowest BCUT2D eigenvalue weighted by Crippen LogP contribution is -2.14. The Kier molecular flexibility index (Phi) is 4.18. The Morgan fingerprint density at radius 2 is 2.00 bits per heavy atom. The number of hydrogen-bond donors (Lipinski definition) is 2. The predicted molar refractivity (Wildman–Crippen MR) is 67.6 cm³/mol. The molecule has 1 rings (SSSR count). The first-order chi connectivity index (χ1) is 8.19. The minimum Gasteiger partial charge on any atom is -0.491 e. The molecule has 6 nitrogen and oxygen atoms in total. The van der Waals surface area contributed by atoms with Crippen LogP contribution in [0.25, 0.3) is 0 Å². The molecule has 1 aromatic rings. The van der Waals surface area contributed by atoms with Crippen molar-refractivity contribution in [1.29, 1.82) is 0 Å². The third kappa shape index (κ3) is 4.25. The van der Waals surface area contributed by atoms with E-state index in [4.69, 9.17) is 9.84 Å². The van der Waals surface area contributed by atoms with Crippen molar-refractivity contribution >= 4 is 21.7 Å². The van der Waals surface area contributed by atoms with Crippen molar-refractivity contribution in [3.8, 4) is 5.75 Å². The highest BCUT2D eigenvalue weighted by atomic mass is 32.2. The van der Waals surface area contributed by atoms with Crippen molar-refractivity contribution in [3.63, 3.8) is 0 Å². The van der Waals surface area contributed by atoms with Crippen LogP contribution in [0.3, 0.4) is 0 Å². The van der Waals surface area contributed by atoms with E-state index in [0.717, 1.165) is 6.26 Å². The van der Waals surface area contributed by atoms with Crippen LogP contribution in [0.1, 0.15) is 24.2 Å². The number of sulfonamides is 1. The minimum atomic E-state index is -3.55. The lowest BCUT2D eigenvalue weighted by molar-refractivity contribution is 0.0698. The number of nitrogens with one attached hydrogen (secondary N) is 1. The second-order valence-corrected chi connectivity index (χ2v) is 5.80. The summed E-state index contributed by atoms with van der Waals surface area (Å²) < 4.78 is 29.9. The Bertz CT molecular complexity index is 551. The third-order valence-electron chi connectivity index (χ3n) is 1.89. The first-order valence-electron chi connectivity index (χ1n) is 5.21. The number of benzene rings is 1. The van der Waals surface area contributed by atoms with Crippen molar-refractivity contribution in [3.05, 3.63) is 23.8 Å². The standard InChI is InChI=1S/C11H15NO5S/c1-7(2)17-8-4-5-9(11(13)14)10(6-8)12-18(3,15)16/h4-7,12H,1-3H3,(H,13,14). The molecule has 0 bridgehead atoms. The average Bonchev–Trinajstić information content (AvgIpc) is 2.13. The molecule has 0 aromatic heterocycles. The molecule has 0 saturated carbocycles. The maximum absolute atomic E-state index is 11.2. The molecule has 0 heterocycles. The molecule has 7 heteroatoms. The number of ether oxygens (including phenoxy) is 1. The van der Waals surface area contributed by atoms with Crippen molar-refractivity contribution in [2.24, 2.45) is 0 Å². The van der Waals surface area contributed by atoms with Gasteiger partial charge in [0.15, 0.2) is 0 Å². The van der Waals surface area contributed by atoms with Crippen LogP contribution in [0.2, 0.25) is 0 Å². The molecular formula is C11H15NO5S. The molecule has 0 fully saturated rings. The van der Waals surface area contributed by atoms with E-state index in [1.807, 2.05) is 13.8 Å².